The maximum atomic E-state index is 10.3. The fourth-order valence-electron chi connectivity index (χ4n) is 0.900. The van der Waals surface area contributed by atoms with Gasteiger partial charge in [-0.25, -0.2) is 0 Å². The first-order chi connectivity index (χ1) is 6.15. The van der Waals surface area contributed by atoms with Crippen molar-refractivity contribution >= 4 is 12.0 Å². The third-order valence-electron chi connectivity index (χ3n) is 1.57. The van der Waals surface area contributed by atoms with E-state index in [1.807, 2.05) is 0 Å². The largest absolute Gasteiger partial charge is 0.317 e. The van der Waals surface area contributed by atoms with Gasteiger partial charge in [-0.05, 0) is 5.56 Å². The normalized spacial score (nSPS) is 12.1. The summed E-state index contributed by atoms with van der Waals surface area (Å²) in [6, 6.07) is 4.70. The number of non-ortho nitro benzene ring substituents is 1. The maximum absolute atomic E-state index is 10.3. The summed E-state index contributed by atoms with van der Waals surface area (Å²) >= 11 is 0. The van der Waals surface area contributed by atoms with E-state index in [-0.39, 0.29) is 5.69 Å². The van der Waals surface area contributed by atoms with Crippen LogP contribution in [0.5, 0.6) is 0 Å². The van der Waals surface area contributed by atoms with Crippen molar-refractivity contribution in [3.63, 3.8) is 0 Å². The maximum Gasteiger partial charge on any atom is 0.269 e. The number of nitrogens with two attached hydrogens (primary N) is 1. The van der Waals surface area contributed by atoms with Gasteiger partial charge in [0.25, 0.3) is 5.69 Å². The van der Waals surface area contributed by atoms with Gasteiger partial charge in [0.15, 0.2) is 0 Å². The Labute approximate surface area is 74.3 Å². The van der Waals surface area contributed by atoms with E-state index in [0.29, 0.717) is 5.56 Å². The molecule has 0 saturated carbocycles. The van der Waals surface area contributed by atoms with Crippen LogP contribution in [-0.2, 0) is 4.79 Å². The van der Waals surface area contributed by atoms with Gasteiger partial charge in [-0.15, -0.1) is 0 Å². The minimum Gasteiger partial charge on any atom is -0.317 e. The number of rotatable bonds is 3. The second kappa shape index (κ2) is 3.77. The molecule has 5 heteroatoms. The van der Waals surface area contributed by atoms with Gasteiger partial charge in [0, 0.05) is 12.1 Å². The van der Waals surface area contributed by atoms with Crippen LogP contribution < -0.4 is 5.73 Å². The second-order valence-electron chi connectivity index (χ2n) is 2.45. The lowest BCUT2D eigenvalue weighted by atomic mass is 10.1. The van der Waals surface area contributed by atoms with Crippen LogP contribution in [0.15, 0.2) is 24.3 Å². The lowest BCUT2D eigenvalue weighted by molar-refractivity contribution is -0.384. The summed E-state index contributed by atoms with van der Waals surface area (Å²) in [5, 5.41) is 10.3. The van der Waals surface area contributed by atoms with Crippen LogP contribution in [-0.4, -0.2) is 11.2 Å². The van der Waals surface area contributed by atoms with Crippen LogP contribution in [0, 0.1) is 10.1 Å². The highest BCUT2D eigenvalue weighted by atomic mass is 16.6. The summed E-state index contributed by atoms with van der Waals surface area (Å²) in [6.07, 6.45) is 1.55. The van der Waals surface area contributed by atoms with Crippen molar-refractivity contribution in [1.29, 1.82) is 0 Å². The van der Waals surface area contributed by atoms with Crippen LogP contribution in [0.1, 0.15) is 11.6 Å². The highest BCUT2D eigenvalue weighted by Gasteiger charge is 2.10. The molecule has 1 rings (SSSR count). The molecule has 1 aromatic carbocycles. The molecule has 0 aliphatic heterocycles. The molecule has 0 fully saturated rings. The first-order valence-electron chi connectivity index (χ1n) is 3.52. The summed E-state index contributed by atoms with van der Waals surface area (Å²) in [5.41, 5.74) is 5.63. The topological polar surface area (TPSA) is 86.2 Å². The predicted octanol–water partition coefficient (Wildman–Crippen LogP) is 0.704. The molecular weight excluding hydrogens is 172 g/mol. The van der Waals surface area contributed by atoms with E-state index in [4.69, 9.17) is 5.73 Å². The van der Waals surface area contributed by atoms with Gasteiger partial charge in [-0.1, -0.05) is 12.1 Å². The standard InChI is InChI=1S/C8H7N2O3/c9-8(5-11)6-2-1-3-7(4-6)10(12)13/h1-4,8H,9H2. The van der Waals surface area contributed by atoms with E-state index in [0.717, 1.165) is 0 Å². The summed E-state index contributed by atoms with van der Waals surface area (Å²) in [6.45, 7) is 0. The molecule has 67 valence electrons. The van der Waals surface area contributed by atoms with E-state index >= 15 is 0 Å². The van der Waals surface area contributed by atoms with Gasteiger partial charge in [-0.2, -0.15) is 0 Å². The van der Waals surface area contributed by atoms with Crippen LogP contribution in [0.2, 0.25) is 0 Å². The molecule has 1 aromatic rings. The fourth-order valence-corrected chi connectivity index (χ4v) is 0.900. The Balaban J connectivity index is 3.04. The molecular formula is C8H7N2O3. The number of carbonyl (C=O) groups excluding carboxylic acids is 1. The first-order valence-corrected chi connectivity index (χ1v) is 3.52. The number of nitro benzene ring substituents is 1. The molecule has 0 aromatic heterocycles. The summed E-state index contributed by atoms with van der Waals surface area (Å²) in [5.74, 6) is 0. The Morgan fingerprint density at radius 2 is 2.23 bits per heavy atom. The van der Waals surface area contributed by atoms with E-state index in [1.165, 1.54) is 18.2 Å². The van der Waals surface area contributed by atoms with Crippen LogP contribution in [0.4, 0.5) is 5.69 Å². The first kappa shape index (κ1) is 9.34. The van der Waals surface area contributed by atoms with Gasteiger partial charge in [0.05, 0.1) is 11.0 Å². The molecule has 1 atom stereocenters. The van der Waals surface area contributed by atoms with Crippen LogP contribution >= 0.6 is 0 Å². The Kier molecular flexibility index (Phi) is 2.71. The minimum atomic E-state index is -0.917. The second-order valence-corrected chi connectivity index (χ2v) is 2.45. The third-order valence-corrected chi connectivity index (χ3v) is 1.57. The van der Waals surface area contributed by atoms with Crippen molar-refractivity contribution in [3.05, 3.63) is 39.9 Å². The molecule has 13 heavy (non-hydrogen) atoms. The molecule has 0 aliphatic rings. The molecule has 0 bridgehead atoms. The number of hydrogen-bond donors (Lipinski definition) is 1. The van der Waals surface area contributed by atoms with Crippen LogP contribution in [0.3, 0.4) is 0 Å². The molecule has 0 heterocycles. The van der Waals surface area contributed by atoms with Gasteiger partial charge in [0.2, 0.25) is 6.29 Å². The summed E-state index contributed by atoms with van der Waals surface area (Å²) in [4.78, 5) is 20.0. The Hall–Kier alpha value is -1.75. The Morgan fingerprint density at radius 3 is 2.77 bits per heavy atom. The van der Waals surface area contributed by atoms with Gasteiger partial charge in [-0.3, -0.25) is 14.9 Å². The van der Waals surface area contributed by atoms with E-state index in [9.17, 15) is 14.9 Å². The van der Waals surface area contributed by atoms with Crippen molar-refractivity contribution in [2.45, 2.75) is 6.04 Å². The number of nitrogens with zero attached hydrogens (tertiary/aromatic N) is 1. The summed E-state index contributed by atoms with van der Waals surface area (Å²) in [7, 11) is 0. The molecule has 0 aliphatic carbocycles. The average Bonchev–Trinajstić information content (AvgIpc) is 2.17. The lowest BCUT2D eigenvalue weighted by Crippen LogP contribution is -2.11. The average molecular weight is 179 g/mol. The summed E-state index contributed by atoms with van der Waals surface area (Å²) < 4.78 is 0. The monoisotopic (exact) mass is 179 g/mol. The van der Waals surface area contributed by atoms with Crippen LogP contribution in [0.25, 0.3) is 0 Å². The van der Waals surface area contributed by atoms with E-state index in [1.54, 1.807) is 12.4 Å². The molecule has 1 radical (unpaired) electrons. The third kappa shape index (κ3) is 2.09. The molecule has 5 nitrogen and oxygen atoms in total. The zero-order valence-corrected chi connectivity index (χ0v) is 6.64. The smallest absolute Gasteiger partial charge is 0.269 e. The zero-order valence-electron chi connectivity index (χ0n) is 6.64. The number of nitro groups is 1. The van der Waals surface area contributed by atoms with Gasteiger partial charge in [0.1, 0.15) is 0 Å². The van der Waals surface area contributed by atoms with Crippen molar-refractivity contribution in [2.24, 2.45) is 5.73 Å². The lowest BCUT2D eigenvalue weighted by Gasteiger charge is -2.01. The van der Waals surface area contributed by atoms with Crippen molar-refractivity contribution in [2.75, 3.05) is 0 Å². The Morgan fingerprint density at radius 1 is 1.54 bits per heavy atom. The highest BCUT2D eigenvalue weighted by Crippen LogP contribution is 2.16. The van der Waals surface area contributed by atoms with Gasteiger partial charge >= 0.3 is 0 Å². The van der Waals surface area contributed by atoms with Crippen molar-refractivity contribution in [3.8, 4) is 0 Å². The fraction of sp³-hybridized carbons (Fsp3) is 0.125. The van der Waals surface area contributed by atoms with Crippen molar-refractivity contribution in [1.82, 2.24) is 0 Å². The molecule has 0 amide bonds. The minimum absolute atomic E-state index is 0.0804. The van der Waals surface area contributed by atoms with E-state index in [2.05, 4.69) is 0 Å². The quantitative estimate of drug-likeness (QED) is 0.546. The molecule has 2 N–H and O–H groups in total. The van der Waals surface area contributed by atoms with E-state index < -0.39 is 11.0 Å². The zero-order chi connectivity index (χ0) is 9.84. The Bertz CT molecular complexity index is 338. The molecule has 0 spiro atoms. The predicted molar refractivity (Wildman–Crippen MR) is 45.7 cm³/mol. The number of hydrogen-bond acceptors (Lipinski definition) is 4. The SMILES string of the molecule is NC([C]=O)c1cccc([N+](=O)[O-])c1. The molecule has 1 unspecified atom stereocenters. The van der Waals surface area contributed by atoms with Crippen molar-refractivity contribution < 1.29 is 9.72 Å². The molecule has 0 saturated heterocycles. The number of benzene rings is 1. The highest BCUT2D eigenvalue weighted by molar-refractivity contribution is 5.62. The van der Waals surface area contributed by atoms with Gasteiger partial charge < -0.3 is 5.73 Å².